The zero-order valence-electron chi connectivity index (χ0n) is 22.0. The van der Waals surface area contributed by atoms with E-state index >= 15 is 0 Å². The van der Waals surface area contributed by atoms with Gasteiger partial charge >= 0.3 is 11.9 Å². The molecule has 2 aromatic carbocycles. The molecule has 204 valence electrons. The Morgan fingerprint density at radius 2 is 1.55 bits per heavy atom. The molecule has 4 aromatic rings. The van der Waals surface area contributed by atoms with Crippen LogP contribution in [0.3, 0.4) is 0 Å². The van der Waals surface area contributed by atoms with Crippen LogP contribution in [0.2, 0.25) is 0 Å². The van der Waals surface area contributed by atoms with Crippen molar-refractivity contribution in [3.8, 4) is 0 Å². The number of para-hydroxylation sites is 2. The molecule has 11 nitrogen and oxygen atoms in total. The fourth-order valence-electron chi connectivity index (χ4n) is 4.98. The maximum Gasteiger partial charge on any atom is 0.328 e. The number of esters is 2. The Morgan fingerprint density at radius 1 is 0.900 bits per heavy atom. The lowest BCUT2D eigenvalue weighted by Crippen LogP contribution is -2.44. The van der Waals surface area contributed by atoms with Gasteiger partial charge in [-0.25, -0.2) is 4.79 Å². The van der Waals surface area contributed by atoms with E-state index < -0.39 is 42.1 Å². The molecule has 2 N–H and O–H groups in total. The number of benzene rings is 2. The van der Waals surface area contributed by atoms with Crippen molar-refractivity contribution in [3.63, 3.8) is 0 Å². The zero-order valence-corrected chi connectivity index (χ0v) is 22.0. The predicted octanol–water partition coefficient (Wildman–Crippen LogP) is 2.25. The number of fused-ring (bicyclic) bond motifs is 2. The molecule has 0 aliphatic carbocycles. The molecule has 1 aliphatic heterocycles. The molecule has 2 aromatic heterocycles. The van der Waals surface area contributed by atoms with E-state index in [1.165, 1.54) is 14.2 Å². The first kappa shape index (κ1) is 26.4. The Balaban J connectivity index is 1.58. The summed E-state index contributed by atoms with van der Waals surface area (Å²) in [6, 6.07) is 13.5. The molecule has 0 bridgehead atoms. The van der Waals surface area contributed by atoms with Crippen molar-refractivity contribution < 1.29 is 33.4 Å². The van der Waals surface area contributed by atoms with Gasteiger partial charge in [-0.2, -0.15) is 0 Å². The van der Waals surface area contributed by atoms with Crippen LogP contribution in [0.15, 0.2) is 60.9 Å². The highest BCUT2D eigenvalue weighted by molar-refractivity contribution is 6.50. The molecule has 0 saturated heterocycles. The van der Waals surface area contributed by atoms with E-state index in [0.717, 1.165) is 22.9 Å². The van der Waals surface area contributed by atoms with Gasteiger partial charge in [0, 0.05) is 52.4 Å². The molecule has 3 amide bonds. The van der Waals surface area contributed by atoms with Gasteiger partial charge in [-0.05, 0) is 12.1 Å². The molecule has 3 heterocycles. The first-order chi connectivity index (χ1) is 19.2. The van der Waals surface area contributed by atoms with Crippen LogP contribution in [0.1, 0.15) is 17.5 Å². The number of hydrogen-bond donors (Lipinski definition) is 2. The first-order valence-corrected chi connectivity index (χ1v) is 12.4. The van der Waals surface area contributed by atoms with Crippen LogP contribution in [0, 0.1) is 0 Å². The maximum atomic E-state index is 13.5. The maximum absolute atomic E-state index is 13.5. The number of amides is 3. The third kappa shape index (κ3) is 4.51. The summed E-state index contributed by atoms with van der Waals surface area (Å²) in [6.45, 7) is -0.233. The smallest absolute Gasteiger partial charge is 0.328 e. The van der Waals surface area contributed by atoms with Crippen molar-refractivity contribution in [1.82, 2.24) is 19.8 Å². The third-order valence-electron chi connectivity index (χ3n) is 6.94. The number of nitrogens with one attached hydrogen (secondary N) is 2. The number of ether oxygens (including phenoxy) is 2. The van der Waals surface area contributed by atoms with Gasteiger partial charge in [-0.15, -0.1) is 0 Å². The van der Waals surface area contributed by atoms with Gasteiger partial charge < -0.3 is 24.3 Å². The van der Waals surface area contributed by atoms with Gasteiger partial charge in [0.2, 0.25) is 5.91 Å². The van der Waals surface area contributed by atoms with E-state index in [1.54, 1.807) is 35.2 Å². The van der Waals surface area contributed by atoms with E-state index in [9.17, 15) is 24.0 Å². The summed E-state index contributed by atoms with van der Waals surface area (Å²) >= 11 is 0. The Kier molecular flexibility index (Phi) is 6.95. The Morgan fingerprint density at radius 3 is 2.25 bits per heavy atom. The molecule has 0 saturated carbocycles. The lowest BCUT2D eigenvalue weighted by atomic mass is 9.95. The molecular weight excluding hydrogens is 516 g/mol. The third-order valence-corrected chi connectivity index (χ3v) is 6.94. The second kappa shape index (κ2) is 10.5. The number of hydrogen-bond acceptors (Lipinski definition) is 7. The summed E-state index contributed by atoms with van der Waals surface area (Å²) in [5.74, 6) is -2.92. The minimum Gasteiger partial charge on any atom is -0.469 e. The summed E-state index contributed by atoms with van der Waals surface area (Å²) in [5.41, 5.74) is 3.05. The second-order valence-corrected chi connectivity index (χ2v) is 9.28. The number of methoxy groups -OCH3 is 2. The van der Waals surface area contributed by atoms with E-state index in [2.05, 4.69) is 15.0 Å². The summed E-state index contributed by atoms with van der Waals surface area (Å²) in [7, 11) is 3.77. The van der Waals surface area contributed by atoms with E-state index in [-0.39, 0.29) is 17.7 Å². The molecule has 0 unspecified atom stereocenters. The zero-order chi connectivity index (χ0) is 28.6. The number of H-pyrrole nitrogens is 1. The number of aromatic nitrogens is 2. The number of nitrogens with zero attached hydrogens (tertiary/aromatic N) is 2. The van der Waals surface area contributed by atoms with Crippen molar-refractivity contribution in [1.29, 1.82) is 0 Å². The minimum atomic E-state index is -1.23. The lowest BCUT2D eigenvalue weighted by Gasteiger charge is -2.16. The molecule has 40 heavy (non-hydrogen) atoms. The standard InChI is InChI=1S/C29H26N4O7/c1-32-27(36)25(18-13-30-20-10-6-4-8-16(18)20)26(28(32)37)19-14-33(22-11-7-5-9-17(19)22)15-23(34)31-21(29(38)40-3)12-24(35)39-2/h4-11,13-14,21,30H,12,15H2,1-3H3,(H,31,34)/t21-/m0/s1. The average Bonchev–Trinajstić information content (AvgIpc) is 3.61. The Hall–Kier alpha value is -5.19. The summed E-state index contributed by atoms with van der Waals surface area (Å²) in [6.07, 6.45) is 2.97. The van der Waals surface area contributed by atoms with Crippen LogP contribution >= 0.6 is 0 Å². The van der Waals surface area contributed by atoms with Crippen LogP contribution < -0.4 is 5.32 Å². The normalized spacial score (nSPS) is 14.2. The summed E-state index contributed by atoms with van der Waals surface area (Å²) in [4.78, 5) is 68.0. The highest BCUT2D eigenvalue weighted by Gasteiger charge is 2.39. The van der Waals surface area contributed by atoms with Gasteiger partial charge in [-0.1, -0.05) is 36.4 Å². The fraction of sp³-hybridized carbons (Fsp3) is 0.207. The highest BCUT2D eigenvalue weighted by Crippen LogP contribution is 2.40. The van der Waals surface area contributed by atoms with Gasteiger partial charge in [0.05, 0.1) is 31.8 Å². The van der Waals surface area contributed by atoms with Crippen molar-refractivity contribution in [2.45, 2.75) is 19.0 Å². The number of carbonyl (C=O) groups excluding carboxylic acids is 5. The fourth-order valence-corrected chi connectivity index (χ4v) is 4.98. The number of carbonyl (C=O) groups is 5. The van der Waals surface area contributed by atoms with Crippen molar-refractivity contribution in [3.05, 3.63) is 72.1 Å². The van der Waals surface area contributed by atoms with Gasteiger partial charge in [0.25, 0.3) is 11.8 Å². The van der Waals surface area contributed by atoms with E-state index in [1.807, 2.05) is 30.3 Å². The Labute approximate surface area is 228 Å². The monoisotopic (exact) mass is 542 g/mol. The van der Waals surface area contributed by atoms with Crippen LogP contribution in [0.4, 0.5) is 0 Å². The number of imide groups is 1. The van der Waals surface area contributed by atoms with Crippen LogP contribution in [0.5, 0.6) is 0 Å². The highest BCUT2D eigenvalue weighted by atomic mass is 16.5. The molecule has 1 atom stereocenters. The van der Waals surface area contributed by atoms with Gasteiger partial charge in [0.15, 0.2) is 0 Å². The summed E-state index contributed by atoms with van der Waals surface area (Å²) in [5, 5.41) is 3.98. The molecule has 0 radical (unpaired) electrons. The predicted molar refractivity (Wildman–Crippen MR) is 145 cm³/mol. The second-order valence-electron chi connectivity index (χ2n) is 9.28. The average molecular weight is 543 g/mol. The molecule has 5 rings (SSSR count). The van der Waals surface area contributed by atoms with Crippen LogP contribution in [0.25, 0.3) is 33.0 Å². The number of aromatic amines is 1. The van der Waals surface area contributed by atoms with E-state index in [4.69, 9.17) is 4.74 Å². The summed E-state index contributed by atoms with van der Waals surface area (Å²) < 4.78 is 11.0. The molecule has 11 heteroatoms. The minimum absolute atomic E-state index is 0.228. The molecule has 0 spiro atoms. The Bertz CT molecular complexity index is 1730. The SMILES string of the molecule is COC(=O)C[C@H](NC(=O)Cn1cc(C2=C(c3c[nH]c4ccccc34)C(=O)N(C)C2=O)c2ccccc21)C(=O)OC. The van der Waals surface area contributed by atoms with Gasteiger partial charge in [0.1, 0.15) is 12.6 Å². The van der Waals surface area contributed by atoms with Gasteiger partial charge in [-0.3, -0.25) is 24.1 Å². The van der Waals surface area contributed by atoms with Crippen LogP contribution in [-0.2, 0) is 40.0 Å². The first-order valence-electron chi connectivity index (χ1n) is 12.4. The largest absolute Gasteiger partial charge is 0.469 e. The number of likely N-dealkylation sites (N-methyl/N-ethyl adjacent to an activating group) is 1. The van der Waals surface area contributed by atoms with Crippen molar-refractivity contribution >= 4 is 62.6 Å². The van der Waals surface area contributed by atoms with Crippen molar-refractivity contribution in [2.75, 3.05) is 21.3 Å². The van der Waals surface area contributed by atoms with E-state index in [0.29, 0.717) is 22.0 Å². The molecule has 0 fully saturated rings. The van der Waals surface area contributed by atoms with Crippen LogP contribution in [-0.4, -0.2) is 71.4 Å². The quantitative estimate of drug-likeness (QED) is 0.257. The molecular formula is C29H26N4O7. The van der Waals surface area contributed by atoms with Crippen molar-refractivity contribution in [2.24, 2.45) is 0 Å². The number of rotatable bonds is 8. The molecule has 1 aliphatic rings. The topological polar surface area (TPSA) is 140 Å². The lowest BCUT2D eigenvalue weighted by molar-refractivity contribution is -0.150.